The molecule has 0 amide bonds. The smallest absolute Gasteiger partial charge is 0.124 e. The van der Waals surface area contributed by atoms with Crippen molar-refractivity contribution in [3.8, 4) is 10.6 Å². The van der Waals surface area contributed by atoms with Crippen LogP contribution in [0.25, 0.3) is 20.8 Å². The third kappa shape index (κ3) is 4.79. The zero-order valence-corrected chi connectivity index (χ0v) is 23.2. The Kier molecular flexibility index (Phi) is 6.53. The minimum atomic E-state index is 0.490. The summed E-state index contributed by atoms with van der Waals surface area (Å²) in [5.41, 5.74) is 13.3. The highest BCUT2D eigenvalue weighted by Gasteiger charge is 2.25. The minimum Gasteiger partial charge on any atom is -0.260 e. The fourth-order valence-corrected chi connectivity index (χ4v) is 6.58. The first-order valence-corrected chi connectivity index (χ1v) is 13.9. The maximum atomic E-state index is 4.78. The lowest BCUT2D eigenvalue weighted by molar-refractivity contribution is 0.738. The molecule has 0 aliphatic heterocycles. The van der Waals surface area contributed by atoms with Crippen molar-refractivity contribution in [2.75, 3.05) is 5.43 Å². The van der Waals surface area contributed by atoms with Gasteiger partial charge in [-0.3, -0.25) is 5.43 Å². The van der Waals surface area contributed by atoms with Crippen molar-refractivity contribution in [2.45, 2.75) is 42.4 Å². The lowest BCUT2D eigenvalue weighted by Gasteiger charge is -2.09. The number of rotatable bonds is 5. The molecule has 0 radical (unpaired) electrons. The average Bonchev–Trinajstić information content (AvgIpc) is 3.55. The van der Waals surface area contributed by atoms with E-state index in [9.17, 15) is 0 Å². The largest absolute Gasteiger partial charge is 0.260 e. The Morgan fingerprint density at radius 3 is 2.35 bits per heavy atom. The van der Waals surface area contributed by atoms with Crippen molar-refractivity contribution in [2.24, 2.45) is 10.3 Å². The van der Waals surface area contributed by atoms with Gasteiger partial charge in [0.15, 0.2) is 0 Å². The molecule has 0 saturated heterocycles. The number of thiol groups is 2. The van der Waals surface area contributed by atoms with E-state index in [2.05, 4.69) is 78.6 Å². The summed E-state index contributed by atoms with van der Waals surface area (Å²) in [7, 11) is 0. The second-order valence-corrected chi connectivity index (χ2v) is 11.4. The molecule has 1 atom stereocenters. The van der Waals surface area contributed by atoms with Crippen LogP contribution < -0.4 is 5.43 Å². The fraction of sp³-hybridized carbons (Fsp3) is 0.167. The molecule has 184 valence electrons. The van der Waals surface area contributed by atoms with Crippen LogP contribution in [0.4, 0.5) is 11.4 Å². The van der Waals surface area contributed by atoms with Crippen LogP contribution in [0.2, 0.25) is 0 Å². The molecule has 0 fully saturated rings. The number of hydrogen-bond acceptors (Lipinski definition) is 6. The van der Waals surface area contributed by atoms with Crippen LogP contribution in [0.15, 0.2) is 92.9 Å². The summed E-state index contributed by atoms with van der Waals surface area (Å²) in [5, 5.41) is 9.52. The molecule has 4 nitrogen and oxygen atoms in total. The van der Waals surface area contributed by atoms with Gasteiger partial charge in [0.25, 0.3) is 0 Å². The first-order chi connectivity index (χ1) is 18.0. The van der Waals surface area contributed by atoms with Gasteiger partial charge < -0.3 is 0 Å². The number of thiazole rings is 1. The molecule has 1 unspecified atom stereocenters. The predicted octanol–water partition coefficient (Wildman–Crippen LogP) is 9.15. The summed E-state index contributed by atoms with van der Waals surface area (Å²) >= 11 is 11.1. The number of nitrogens with one attached hydrogen (secondary N) is 1. The van der Waals surface area contributed by atoms with Crippen LogP contribution in [-0.4, -0.2) is 4.98 Å². The van der Waals surface area contributed by atoms with Gasteiger partial charge in [-0.25, -0.2) is 4.98 Å². The van der Waals surface area contributed by atoms with Crippen LogP contribution in [-0.2, 0) is 12.8 Å². The van der Waals surface area contributed by atoms with Crippen molar-refractivity contribution >= 4 is 58.2 Å². The second-order valence-electron chi connectivity index (χ2n) is 9.55. The van der Waals surface area contributed by atoms with Gasteiger partial charge in [-0.1, -0.05) is 35.6 Å². The molecule has 6 rings (SSSR count). The molecule has 0 bridgehead atoms. The number of aryl methyl sites for hydroxylation is 2. The molecule has 1 heterocycles. The molecule has 1 N–H and O–H groups in total. The second kappa shape index (κ2) is 9.97. The quantitative estimate of drug-likeness (QED) is 0.119. The first-order valence-electron chi connectivity index (χ1n) is 12.2. The Hall–Kier alpha value is -3.13. The number of hydrogen-bond donors (Lipinski definition) is 3. The van der Waals surface area contributed by atoms with Gasteiger partial charge in [0.05, 0.1) is 21.6 Å². The maximum absolute atomic E-state index is 4.78. The summed E-state index contributed by atoms with van der Waals surface area (Å²) in [6.07, 6.45) is 2.11. The summed E-state index contributed by atoms with van der Waals surface area (Å²) in [6, 6.07) is 25.0. The van der Waals surface area contributed by atoms with E-state index in [4.69, 9.17) is 17.6 Å². The van der Waals surface area contributed by atoms with Crippen molar-refractivity contribution < 1.29 is 0 Å². The summed E-state index contributed by atoms with van der Waals surface area (Å²) < 4.78 is 1.12. The fourth-order valence-electron chi connectivity index (χ4n) is 4.87. The molecule has 0 saturated carbocycles. The van der Waals surface area contributed by atoms with Crippen LogP contribution in [0.3, 0.4) is 0 Å². The molecule has 0 spiro atoms. The highest BCUT2D eigenvalue weighted by atomic mass is 32.1. The SMILES string of the molecule is Cc1ccc2c(c1S)CC(c1ccc(N=NNc3ccc(-c4nc5ccc(C)c(S)c5s4)cc3)cc1)C2. The molecule has 5 aromatic rings. The molecule has 4 aromatic carbocycles. The molecule has 1 aromatic heterocycles. The van der Waals surface area contributed by atoms with Crippen LogP contribution in [0.1, 0.15) is 33.7 Å². The highest BCUT2D eigenvalue weighted by molar-refractivity contribution is 7.81. The van der Waals surface area contributed by atoms with Crippen molar-refractivity contribution in [1.82, 2.24) is 4.98 Å². The molecule has 7 heteroatoms. The molecule has 1 aliphatic rings. The van der Waals surface area contributed by atoms with E-state index >= 15 is 0 Å². The first kappa shape index (κ1) is 24.2. The van der Waals surface area contributed by atoms with E-state index in [0.29, 0.717) is 5.92 Å². The predicted molar refractivity (Wildman–Crippen MR) is 160 cm³/mol. The standard InChI is InChI=1S/C30H26N4S3/c1-17-3-5-21-15-22(16-25(21)27(17)35)19-6-10-23(11-7-19)32-34-33-24-12-8-20(9-13-24)30-31-26-14-4-18(2)28(36)29(26)37-30/h3-14,22,35-36H,15-16H2,1-2H3,(H,32,33). The summed E-state index contributed by atoms with van der Waals surface area (Å²) in [6.45, 7) is 4.19. The Bertz CT molecular complexity index is 1640. The average molecular weight is 539 g/mol. The summed E-state index contributed by atoms with van der Waals surface area (Å²) in [4.78, 5) is 6.92. The monoisotopic (exact) mass is 538 g/mol. The van der Waals surface area contributed by atoms with Gasteiger partial charge in [-0.2, -0.15) is 0 Å². The van der Waals surface area contributed by atoms with E-state index < -0.39 is 0 Å². The lowest BCUT2D eigenvalue weighted by Crippen LogP contribution is -1.97. The van der Waals surface area contributed by atoms with Crippen LogP contribution in [0, 0.1) is 13.8 Å². The summed E-state index contributed by atoms with van der Waals surface area (Å²) in [5.74, 6) is 0.490. The highest BCUT2D eigenvalue weighted by Crippen LogP contribution is 2.39. The zero-order valence-electron chi connectivity index (χ0n) is 20.6. The van der Waals surface area contributed by atoms with Gasteiger partial charge in [-0.15, -0.1) is 41.7 Å². The molecular weight excluding hydrogens is 513 g/mol. The van der Waals surface area contributed by atoms with Crippen LogP contribution >= 0.6 is 36.6 Å². The lowest BCUT2D eigenvalue weighted by atomic mass is 9.96. The van der Waals surface area contributed by atoms with Gasteiger partial charge in [-0.05, 0) is 103 Å². The van der Waals surface area contributed by atoms with Crippen molar-refractivity contribution in [3.63, 3.8) is 0 Å². The molecule has 37 heavy (non-hydrogen) atoms. The number of fused-ring (bicyclic) bond motifs is 2. The Balaban J connectivity index is 1.09. The normalized spacial score (nSPS) is 15.0. The van der Waals surface area contributed by atoms with E-state index in [1.165, 1.54) is 22.3 Å². The van der Waals surface area contributed by atoms with Crippen molar-refractivity contribution in [1.29, 1.82) is 0 Å². The Morgan fingerprint density at radius 2 is 1.57 bits per heavy atom. The van der Waals surface area contributed by atoms with E-state index in [1.54, 1.807) is 11.3 Å². The van der Waals surface area contributed by atoms with E-state index in [-0.39, 0.29) is 0 Å². The molecule has 1 aliphatic carbocycles. The van der Waals surface area contributed by atoms with E-state index in [0.717, 1.165) is 60.4 Å². The topological polar surface area (TPSA) is 49.6 Å². The third-order valence-corrected chi connectivity index (χ3v) is 9.56. The number of aromatic nitrogens is 1. The van der Waals surface area contributed by atoms with Crippen molar-refractivity contribution in [3.05, 3.63) is 101 Å². The number of nitrogens with zero attached hydrogens (tertiary/aromatic N) is 3. The maximum Gasteiger partial charge on any atom is 0.124 e. The van der Waals surface area contributed by atoms with E-state index in [1.807, 2.05) is 36.4 Å². The Labute approximate surface area is 231 Å². The van der Waals surface area contributed by atoms with Gasteiger partial charge in [0, 0.05) is 15.4 Å². The van der Waals surface area contributed by atoms with Gasteiger partial charge in [0.1, 0.15) is 5.01 Å². The third-order valence-electron chi connectivity index (χ3n) is 7.07. The number of benzene rings is 4. The van der Waals surface area contributed by atoms with Gasteiger partial charge in [0.2, 0.25) is 0 Å². The van der Waals surface area contributed by atoms with Crippen LogP contribution in [0.5, 0.6) is 0 Å². The Morgan fingerprint density at radius 1 is 0.838 bits per heavy atom. The molecular formula is C30H26N4S3. The van der Waals surface area contributed by atoms with Gasteiger partial charge >= 0.3 is 0 Å². The number of anilines is 1. The minimum absolute atomic E-state index is 0.490. The zero-order chi connectivity index (χ0) is 25.5.